The van der Waals surface area contributed by atoms with Crippen LogP contribution in [0.5, 0.6) is 0 Å². The molecule has 1 fully saturated rings. The normalized spacial score (nSPS) is 20.8. The van der Waals surface area contributed by atoms with E-state index < -0.39 is 5.60 Å². The molecular formula is C12H25NO2. The smallest absolute Gasteiger partial charge is 0.0771 e. The van der Waals surface area contributed by atoms with E-state index in [1.807, 2.05) is 0 Å². The lowest BCUT2D eigenvalue weighted by Gasteiger charge is -2.24. The Morgan fingerprint density at radius 2 is 1.87 bits per heavy atom. The second-order valence-corrected chi connectivity index (χ2v) is 5.57. The summed E-state index contributed by atoms with van der Waals surface area (Å²) in [5.41, 5.74) is -0.506. The van der Waals surface area contributed by atoms with Crippen molar-refractivity contribution in [3.05, 3.63) is 0 Å². The largest absolute Gasteiger partial charge is 0.389 e. The molecule has 0 spiro atoms. The van der Waals surface area contributed by atoms with Crippen molar-refractivity contribution in [1.29, 1.82) is 0 Å². The van der Waals surface area contributed by atoms with Gasteiger partial charge < -0.3 is 15.2 Å². The second-order valence-electron chi connectivity index (χ2n) is 5.57. The summed E-state index contributed by atoms with van der Waals surface area (Å²) >= 11 is 0. The summed E-state index contributed by atoms with van der Waals surface area (Å²) in [5, 5.41) is 13.3. The first-order chi connectivity index (χ1) is 6.91. The van der Waals surface area contributed by atoms with Crippen molar-refractivity contribution >= 4 is 0 Å². The molecule has 0 unspecified atom stereocenters. The molecule has 1 saturated carbocycles. The molecule has 0 amide bonds. The fourth-order valence-electron chi connectivity index (χ4n) is 1.96. The van der Waals surface area contributed by atoms with Gasteiger partial charge >= 0.3 is 0 Å². The van der Waals surface area contributed by atoms with Crippen molar-refractivity contribution in [2.75, 3.05) is 19.7 Å². The van der Waals surface area contributed by atoms with Gasteiger partial charge in [0.25, 0.3) is 0 Å². The number of hydrogen-bond donors (Lipinski definition) is 2. The lowest BCUT2D eigenvalue weighted by molar-refractivity contribution is -0.00467. The third-order valence-corrected chi connectivity index (χ3v) is 2.80. The Morgan fingerprint density at radius 1 is 1.27 bits per heavy atom. The van der Waals surface area contributed by atoms with E-state index in [2.05, 4.69) is 26.1 Å². The molecule has 0 bridgehead atoms. The minimum Gasteiger partial charge on any atom is -0.389 e. The van der Waals surface area contributed by atoms with Crippen LogP contribution >= 0.6 is 0 Å². The first kappa shape index (κ1) is 12.9. The predicted molar refractivity (Wildman–Crippen MR) is 62.0 cm³/mol. The molecular weight excluding hydrogens is 190 g/mol. The molecule has 1 rings (SSSR count). The van der Waals surface area contributed by atoms with E-state index in [1.54, 1.807) is 0 Å². The summed E-state index contributed by atoms with van der Waals surface area (Å²) in [6, 6.07) is 0. The molecule has 0 aromatic heterocycles. The first-order valence-electron chi connectivity index (χ1n) is 5.98. The van der Waals surface area contributed by atoms with Crippen LogP contribution in [0.25, 0.3) is 0 Å². The lowest BCUT2D eigenvalue weighted by atomic mass is 10.0. The molecule has 0 aromatic rings. The maximum atomic E-state index is 10.0. The molecule has 1 aliphatic rings. The van der Waals surface area contributed by atoms with Gasteiger partial charge in [-0.15, -0.1) is 0 Å². The van der Waals surface area contributed by atoms with Gasteiger partial charge in [-0.05, 0) is 33.6 Å². The highest BCUT2D eigenvalue weighted by molar-refractivity contribution is 4.86. The maximum Gasteiger partial charge on any atom is 0.0771 e. The van der Waals surface area contributed by atoms with Crippen molar-refractivity contribution in [2.45, 2.75) is 57.7 Å². The second kappa shape index (κ2) is 5.28. The Balaban J connectivity index is 2.02. The Hall–Kier alpha value is -0.120. The Labute approximate surface area is 93.2 Å². The monoisotopic (exact) mass is 215 g/mol. The lowest BCUT2D eigenvalue weighted by Crippen LogP contribution is -2.39. The van der Waals surface area contributed by atoms with Crippen LogP contribution in [0.15, 0.2) is 0 Å². The standard InChI is InChI=1S/C12H25NO2/c1-11(2,3)15-9-8-13-10-12(14)6-4-5-7-12/h13-14H,4-10H2,1-3H3. The van der Waals surface area contributed by atoms with Crippen LogP contribution < -0.4 is 5.32 Å². The van der Waals surface area contributed by atoms with Crippen molar-refractivity contribution in [3.8, 4) is 0 Å². The van der Waals surface area contributed by atoms with Crippen LogP contribution in [0.4, 0.5) is 0 Å². The summed E-state index contributed by atoms with van der Waals surface area (Å²) in [5.74, 6) is 0. The van der Waals surface area contributed by atoms with Gasteiger partial charge in [0.05, 0.1) is 17.8 Å². The van der Waals surface area contributed by atoms with Gasteiger partial charge in [-0.3, -0.25) is 0 Å². The number of nitrogens with one attached hydrogen (secondary N) is 1. The van der Waals surface area contributed by atoms with Crippen molar-refractivity contribution in [2.24, 2.45) is 0 Å². The molecule has 0 aromatic carbocycles. The number of hydrogen-bond acceptors (Lipinski definition) is 3. The van der Waals surface area contributed by atoms with Crippen molar-refractivity contribution in [3.63, 3.8) is 0 Å². The fourth-order valence-corrected chi connectivity index (χ4v) is 1.96. The maximum absolute atomic E-state index is 10.0. The first-order valence-corrected chi connectivity index (χ1v) is 5.98. The molecule has 90 valence electrons. The Kier molecular flexibility index (Phi) is 4.56. The van der Waals surface area contributed by atoms with Crippen molar-refractivity contribution < 1.29 is 9.84 Å². The molecule has 0 heterocycles. The summed E-state index contributed by atoms with van der Waals surface area (Å²) in [7, 11) is 0. The van der Waals surface area contributed by atoms with Gasteiger partial charge in [0.1, 0.15) is 0 Å². The molecule has 0 aliphatic heterocycles. The van der Waals surface area contributed by atoms with Crippen LogP contribution in [-0.4, -0.2) is 36.0 Å². The van der Waals surface area contributed by atoms with Gasteiger partial charge in [0.15, 0.2) is 0 Å². The zero-order valence-electron chi connectivity index (χ0n) is 10.3. The molecule has 2 N–H and O–H groups in total. The molecule has 0 radical (unpaired) electrons. The van der Waals surface area contributed by atoms with E-state index in [0.717, 1.165) is 32.2 Å². The van der Waals surface area contributed by atoms with Crippen molar-refractivity contribution in [1.82, 2.24) is 5.32 Å². The molecule has 15 heavy (non-hydrogen) atoms. The van der Waals surface area contributed by atoms with Crippen LogP contribution in [0, 0.1) is 0 Å². The SMILES string of the molecule is CC(C)(C)OCCNCC1(O)CCCC1. The summed E-state index contributed by atoms with van der Waals surface area (Å²) in [6.07, 6.45) is 4.22. The molecule has 1 aliphatic carbocycles. The van der Waals surface area contributed by atoms with E-state index in [1.165, 1.54) is 0 Å². The van der Waals surface area contributed by atoms with Gasteiger partial charge in [-0.2, -0.15) is 0 Å². The van der Waals surface area contributed by atoms with Gasteiger partial charge in [-0.25, -0.2) is 0 Å². The highest BCUT2D eigenvalue weighted by Crippen LogP contribution is 2.28. The zero-order chi connectivity index (χ0) is 11.4. The highest BCUT2D eigenvalue weighted by atomic mass is 16.5. The molecule has 3 heteroatoms. The summed E-state index contributed by atoms with van der Waals surface area (Å²) < 4.78 is 5.58. The molecule has 0 atom stereocenters. The van der Waals surface area contributed by atoms with Crippen LogP contribution in [-0.2, 0) is 4.74 Å². The number of rotatable bonds is 5. The van der Waals surface area contributed by atoms with Crippen LogP contribution in [0.1, 0.15) is 46.5 Å². The molecule has 3 nitrogen and oxygen atoms in total. The Bertz CT molecular complexity index is 181. The average Bonchev–Trinajstić information content (AvgIpc) is 2.50. The van der Waals surface area contributed by atoms with Crippen LogP contribution in [0.2, 0.25) is 0 Å². The van der Waals surface area contributed by atoms with E-state index in [0.29, 0.717) is 13.2 Å². The predicted octanol–water partition coefficient (Wildman–Crippen LogP) is 1.70. The average molecular weight is 215 g/mol. The minimum atomic E-state index is -0.443. The fraction of sp³-hybridized carbons (Fsp3) is 1.00. The van der Waals surface area contributed by atoms with E-state index in [9.17, 15) is 5.11 Å². The van der Waals surface area contributed by atoms with E-state index in [-0.39, 0.29) is 5.60 Å². The summed E-state index contributed by atoms with van der Waals surface area (Å²) in [6.45, 7) is 8.40. The van der Waals surface area contributed by atoms with Gasteiger partial charge in [-0.1, -0.05) is 12.8 Å². The van der Waals surface area contributed by atoms with Gasteiger partial charge in [0, 0.05) is 13.1 Å². The number of aliphatic hydroxyl groups is 1. The summed E-state index contributed by atoms with van der Waals surface area (Å²) in [4.78, 5) is 0. The third-order valence-electron chi connectivity index (χ3n) is 2.80. The van der Waals surface area contributed by atoms with Gasteiger partial charge in [0.2, 0.25) is 0 Å². The number of ether oxygens (including phenoxy) is 1. The minimum absolute atomic E-state index is 0.0636. The Morgan fingerprint density at radius 3 is 2.40 bits per heavy atom. The van der Waals surface area contributed by atoms with E-state index in [4.69, 9.17) is 4.74 Å². The van der Waals surface area contributed by atoms with E-state index >= 15 is 0 Å². The topological polar surface area (TPSA) is 41.5 Å². The molecule has 0 saturated heterocycles. The quantitative estimate of drug-likeness (QED) is 0.686. The third kappa shape index (κ3) is 5.50. The zero-order valence-corrected chi connectivity index (χ0v) is 10.3. The highest BCUT2D eigenvalue weighted by Gasteiger charge is 2.30. The van der Waals surface area contributed by atoms with Crippen LogP contribution in [0.3, 0.4) is 0 Å².